The third-order valence-corrected chi connectivity index (χ3v) is 6.32. The lowest BCUT2D eigenvalue weighted by Crippen LogP contribution is -2.40. The number of methoxy groups -OCH3 is 1. The molecule has 0 radical (unpaired) electrons. The molecule has 0 spiro atoms. The van der Waals surface area contributed by atoms with Crippen LogP contribution in [0.4, 0.5) is 0 Å². The fraction of sp³-hybridized carbons (Fsp3) is 0.500. The minimum absolute atomic E-state index is 0.160. The van der Waals surface area contributed by atoms with E-state index in [9.17, 15) is 9.59 Å². The summed E-state index contributed by atoms with van der Waals surface area (Å²) in [5.74, 6) is 0.922. The second kappa shape index (κ2) is 8.76. The minimum Gasteiger partial charge on any atom is -0.493 e. The van der Waals surface area contributed by atoms with Crippen molar-refractivity contribution in [2.24, 2.45) is 12.5 Å². The molecule has 0 unspecified atom stereocenters. The number of hydrogen-bond acceptors (Lipinski definition) is 6. The first kappa shape index (κ1) is 22.0. The lowest BCUT2D eigenvalue weighted by molar-refractivity contribution is -0.158. The normalized spacial score (nSPS) is 14.9. The highest BCUT2D eigenvalue weighted by Gasteiger charge is 2.45. The zero-order valence-electron chi connectivity index (χ0n) is 19.2. The van der Waals surface area contributed by atoms with Gasteiger partial charge in [0.25, 0.3) is 5.56 Å². The molecule has 1 aliphatic rings. The number of carbonyl (C=O) groups excluding carboxylic acids is 1. The molecule has 1 N–H and O–H groups in total. The van der Waals surface area contributed by atoms with Crippen LogP contribution in [0.1, 0.15) is 50.8 Å². The molecule has 170 valence electrons. The average molecular weight is 439 g/mol. The molecular formula is C24H30N4O4. The number of carbonyl (C=O) groups is 1. The number of aromatic amines is 1. The molecule has 4 rings (SSSR count). The van der Waals surface area contributed by atoms with Crippen molar-refractivity contribution in [3.63, 3.8) is 0 Å². The smallest absolute Gasteiger partial charge is 0.312 e. The summed E-state index contributed by atoms with van der Waals surface area (Å²) in [6, 6.07) is 5.83. The number of aromatic nitrogens is 4. The molecule has 1 aromatic carbocycles. The van der Waals surface area contributed by atoms with Gasteiger partial charge in [-0.25, -0.2) is 4.98 Å². The Morgan fingerprint density at radius 1 is 1.28 bits per heavy atom. The van der Waals surface area contributed by atoms with Crippen LogP contribution in [0.3, 0.4) is 0 Å². The number of esters is 1. The van der Waals surface area contributed by atoms with Crippen molar-refractivity contribution < 1.29 is 14.3 Å². The molecule has 0 atom stereocenters. The molecule has 8 nitrogen and oxygen atoms in total. The molecule has 32 heavy (non-hydrogen) atoms. The maximum atomic E-state index is 12.9. The largest absolute Gasteiger partial charge is 0.493 e. The Morgan fingerprint density at radius 2 is 2.06 bits per heavy atom. The van der Waals surface area contributed by atoms with Gasteiger partial charge in [0.2, 0.25) is 0 Å². The van der Waals surface area contributed by atoms with Crippen LogP contribution < -0.4 is 10.3 Å². The SMILES string of the molecule is CCCc1nn(C)c2c(=O)[nH]c(-c3cc(CC4(C(=O)OC)CCC4)ccc3OCC)nc12. The first-order valence-corrected chi connectivity index (χ1v) is 11.2. The topological polar surface area (TPSA) is 99.1 Å². The van der Waals surface area contributed by atoms with Crippen molar-refractivity contribution in [3.8, 4) is 17.1 Å². The molecule has 2 heterocycles. The first-order chi connectivity index (χ1) is 15.4. The maximum absolute atomic E-state index is 12.9. The fourth-order valence-electron chi connectivity index (χ4n) is 4.60. The van der Waals surface area contributed by atoms with E-state index in [1.54, 1.807) is 11.7 Å². The standard InChI is InChI=1S/C24H30N4O4/c1-5-8-17-19-20(28(3)27-17)22(29)26-21(25-19)16-13-15(9-10-18(16)32-6-2)14-24(11-7-12-24)23(30)31-4/h9-10,13H,5-8,11-12,14H2,1-4H3,(H,25,26,29). The Kier molecular flexibility index (Phi) is 6.04. The third kappa shape index (κ3) is 3.78. The van der Waals surface area contributed by atoms with Crippen LogP contribution in [0.2, 0.25) is 0 Å². The Hall–Kier alpha value is -3.16. The van der Waals surface area contributed by atoms with E-state index in [0.29, 0.717) is 41.2 Å². The molecule has 0 aliphatic heterocycles. The van der Waals surface area contributed by atoms with E-state index < -0.39 is 5.41 Å². The number of hydrogen-bond donors (Lipinski definition) is 1. The van der Waals surface area contributed by atoms with Crippen LogP contribution in [0.25, 0.3) is 22.4 Å². The zero-order chi connectivity index (χ0) is 22.9. The van der Waals surface area contributed by atoms with Gasteiger partial charge in [0, 0.05) is 7.05 Å². The second-order valence-corrected chi connectivity index (χ2v) is 8.50. The van der Waals surface area contributed by atoms with Gasteiger partial charge in [-0.2, -0.15) is 5.10 Å². The number of nitrogens with one attached hydrogen (secondary N) is 1. The summed E-state index contributed by atoms with van der Waals surface area (Å²) in [4.78, 5) is 33.1. The molecule has 3 aromatic rings. The fourth-order valence-corrected chi connectivity index (χ4v) is 4.60. The number of nitrogens with zero attached hydrogens (tertiary/aromatic N) is 3. The molecular weight excluding hydrogens is 408 g/mol. The van der Waals surface area contributed by atoms with Crippen LogP contribution in [0.15, 0.2) is 23.0 Å². The van der Waals surface area contributed by atoms with Gasteiger partial charge >= 0.3 is 5.97 Å². The highest BCUT2D eigenvalue weighted by atomic mass is 16.5. The molecule has 0 bridgehead atoms. The Balaban J connectivity index is 1.82. The van der Waals surface area contributed by atoms with Crippen molar-refractivity contribution >= 4 is 17.0 Å². The van der Waals surface area contributed by atoms with E-state index in [1.165, 1.54) is 7.11 Å². The van der Waals surface area contributed by atoms with Gasteiger partial charge < -0.3 is 14.5 Å². The Labute approximate surface area is 187 Å². The van der Waals surface area contributed by atoms with Gasteiger partial charge in [-0.1, -0.05) is 25.8 Å². The Morgan fingerprint density at radius 3 is 2.69 bits per heavy atom. The quantitative estimate of drug-likeness (QED) is 0.540. The van der Waals surface area contributed by atoms with E-state index in [1.807, 2.05) is 25.1 Å². The molecule has 1 aliphatic carbocycles. The molecule has 0 amide bonds. The summed E-state index contributed by atoms with van der Waals surface area (Å²) in [6.45, 7) is 4.47. The maximum Gasteiger partial charge on any atom is 0.312 e. The second-order valence-electron chi connectivity index (χ2n) is 8.50. The van der Waals surface area contributed by atoms with E-state index in [2.05, 4.69) is 17.0 Å². The lowest BCUT2D eigenvalue weighted by Gasteiger charge is -2.39. The zero-order valence-corrected chi connectivity index (χ0v) is 19.2. The van der Waals surface area contributed by atoms with Crippen LogP contribution in [0, 0.1) is 5.41 Å². The summed E-state index contributed by atoms with van der Waals surface area (Å²) < 4.78 is 12.5. The summed E-state index contributed by atoms with van der Waals surface area (Å²) in [6.07, 6.45) is 4.89. The highest BCUT2D eigenvalue weighted by molar-refractivity contribution is 5.80. The van der Waals surface area contributed by atoms with Crippen molar-refractivity contribution in [3.05, 3.63) is 39.8 Å². The number of fused-ring (bicyclic) bond motifs is 1. The number of aryl methyl sites for hydroxylation is 2. The minimum atomic E-state index is -0.471. The summed E-state index contributed by atoms with van der Waals surface area (Å²) in [7, 11) is 3.20. The average Bonchev–Trinajstić information content (AvgIpc) is 3.07. The molecule has 8 heteroatoms. The van der Waals surface area contributed by atoms with Gasteiger partial charge in [-0.15, -0.1) is 0 Å². The van der Waals surface area contributed by atoms with Gasteiger partial charge in [0.1, 0.15) is 17.1 Å². The van der Waals surface area contributed by atoms with Crippen molar-refractivity contribution in [1.82, 2.24) is 19.7 Å². The number of ether oxygens (including phenoxy) is 2. The lowest BCUT2D eigenvalue weighted by atomic mass is 9.65. The molecule has 2 aromatic heterocycles. The molecule has 0 saturated heterocycles. The van der Waals surface area contributed by atoms with E-state index in [-0.39, 0.29) is 11.5 Å². The van der Waals surface area contributed by atoms with E-state index in [4.69, 9.17) is 14.5 Å². The summed E-state index contributed by atoms with van der Waals surface area (Å²) in [5.41, 5.74) is 2.87. The number of H-pyrrole nitrogens is 1. The number of benzene rings is 1. The van der Waals surface area contributed by atoms with Crippen molar-refractivity contribution in [1.29, 1.82) is 0 Å². The van der Waals surface area contributed by atoms with Crippen LogP contribution in [-0.4, -0.2) is 39.4 Å². The van der Waals surface area contributed by atoms with Crippen molar-refractivity contribution in [2.45, 2.75) is 52.4 Å². The van der Waals surface area contributed by atoms with Crippen LogP contribution >= 0.6 is 0 Å². The summed E-state index contributed by atoms with van der Waals surface area (Å²) in [5, 5.41) is 4.50. The predicted molar refractivity (Wildman–Crippen MR) is 122 cm³/mol. The summed E-state index contributed by atoms with van der Waals surface area (Å²) >= 11 is 0. The monoisotopic (exact) mass is 438 g/mol. The molecule has 1 fully saturated rings. The molecule has 1 saturated carbocycles. The van der Waals surface area contributed by atoms with Gasteiger partial charge in [0.15, 0.2) is 5.52 Å². The highest BCUT2D eigenvalue weighted by Crippen LogP contribution is 2.45. The van der Waals surface area contributed by atoms with E-state index in [0.717, 1.165) is 43.4 Å². The van der Waals surface area contributed by atoms with Gasteiger partial charge in [-0.05, 0) is 50.3 Å². The van der Waals surface area contributed by atoms with Crippen molar-refractivity contribution in [2.75, 3.05) is 13.7 Å². The van der Waals surface area contributed by atoms with Gasteiger partial charge in [-0.3, -0.25) is 14.3 Å². The van der Waals surface area contributed by atoms with Gasteiger partial charge in [0.05, 0.1) is 30.4 Å². The third-order valence-electron chi connectivity index (χ3n) is 6.32. The van der Waals surface area contributed by atoms with E-state index >= 15 is 0 Å². The number of rotatable bonds is 8. The van der Waals surface area contributed by atoms with Crippen LogP contribution in [-0.2, 0) is 29.4 Å². The predicted octanol–water partition coefficient (Wildman–Crippen LogP) is 3.56. The Bertz CT molecular complexity index is 1210. The first-order valence-electron chi connectivity index (χ1n) is 11.2. The van der Waals surface area contributed by atoms with Crippen LogP contribution in [0.5, 0.6) is 5.75 Å².